The summed E-state index contributed by atoms with van der Waals surface area (Å²) in [5.74, 6) is 0. The van der Waals surface area contributed by atoms with Crippen LogP contribution < -0.4 is 0 Å². The third-order valence-corrected chi connectivity index (χ3v) is 2.50. The molecule has 0 aliphatic carbocycles. The van der Waals surface area contributed by atoms with Gasteiger partial charge in [-0.15, -0.1) is 0 Å². The molecule has 1 heterocycles. The van der Waals surface area contributed by atoms with E-state index in [2.05, 4.69) is 6.58 Å². The molecular weight excluding hydrogens is 200 g/mol. The van der Waals surface area contributed by atoms with Crippen LogP contribution in [0.3, 0.4) is 0 Å². The normalized spacial score (nSPS) is 25.8. The highest BCUT2D eigenvalue weighted by atomic mass is 16.7. The van der Waals surface area contributed by atoms with Gasteiger partial charge in [0.2, 0.25) is 0 Å². The molecule has 1 fully saturated rings. The van der Waals surface area contributed by atoms with Gasteiger partial charge in [0.1, 0.15) is 0 Å². The molecule has 0 N–H and O–H groups in total. The number of benzene rings is 1. The molecule has 84 valence electrons. The lowest BCUT2D eigenvalue weighted by atomic mass is 10.1. The standard InChI is InChI=1S/C14H16O2/c1-2-3-9-13-10-11-15-14(16-13)12-7-5-4-6-8-12/h2-9,13-14H,1,10-11H2/b9-3-/t13-,14+/m0/s1. The maximum Gasteiger partial charge on any atom is 0.184 e. The first kappa shape index (κ1) is 11.1. The van der Waals surface area contributed by atoms with E-state index in [0.29, 0.717) is 0 Å². The molecular formula is C14H16O2. The summed E-state index contributed by atoms with van der Waals surface area (Å²) in [6.07, 6.45) is 6.47. The smallest absolute Gasteiger partial charge is 0.184 e. The van der Waals surface area contributed by atoms with Crippen LogP contribution in [0.25, 0.3) is 0 Å². The van der Waals surface area contributed by atoms with Crippen LogP contribution in [0, 0.1) is 0 Å². The van der Waals surface area contributed by atoms with Gasteiger partial charge in [-0.1, -0.05) is 55.1 Å². The summed E-state index contributed by atoms with van der Waals surface area (Å²) >= 11 is 0. The van der Waals surface area contributed by atoms with Crippen LogP contribution in [0.1, 0.15) is 18.3 Å². The third kappa shape index (κ3) is 2.81. The highest BCUT2D eigenvalue weighted by Crippen LogP contribution is 2.26. The molecule has 2 rings (SSSR count). The molecule has 1 aliphatic heterocycles. The van der Waals surface area contributed by atoms with Crippen molar-refractivity contribution in [1.82, 2.24) is 0 Å². The van der Waals surface area contributed by atoms with E-state index in [9.17, 15) is 0 Å². The van der Waals surface area contributed by atoms with Gasteiger partial charge in [-0.25, -0.2) is 0 Å². The summed E-state index contributed by atoms with van der Waals surface area (Å²) < 4.78 is 11.4. The fourth-order valence-corrected chi connectivity index (χ4v) is 1.69. The Bertz CT molecular complexity index is 356. The topological polar surface area (TPSA) is 18.5 Å². The van der Waals surface area contributed by atoms with E-state index >= 15 is 0 Å². The minimum Gasteiger partial charge on any atom is -0.348 e. The number of hydrogen-bond acceptors (Lipinski definition) is 2. The first-order chi connectivity index (χ1) is 7.90. The van der Waals surface area contributed by atoms with Gasteiger partial charge < -0.3 is 9.47 Å². The van der Waals surface area contributed by atoms with E-state index in [0.717, 1.165) is 18.6 Å². The molecule has 0 bridgehead atoms. The van der Waals surface area contributed by atoms with Gasteiger partial charge in [0, 0.05) is 12.0 Å². The first-order valence-corrected chi connectivity index (χ1v) is 5.51. The van der Waals surface area contributed by atoms with E-state index in [-0.39, 0.29) is 12.4 Å². The zero-order valence-electron chi connectivity index (χ0n) is 9.21. The molecule has 0 aromatic heterocycles. The Morgan fingerprint density at radius 3 is 2.81 bits per heavy atom. The second-order valence-electron chi connectivity index (χ2n) is 3.70. The fraction of sp³-hybridized carbons (Fsp3) is 0.286. The molecule has 0 amide bonds. The van der Waals surface area contributed by atoms with Gasteiger partial charge in [0.05, 0.1) is 12.7 Å². The van der Waals surface area contributed by atoms with Crippen molar-refractivity contribution in [2.24, 2.45) is 0 Å². The molecule has 1 saturated heterocycles. The SMILES string of the molecule is C=C/C=C\[C@H]1CCO[C@@H](c2ccccc2)O1. The average Bonchev–Trinajstić information content (AvgIpc) is 2.38. The van der Waals surface area contributed by atoms with Crippen LogP contribution in [0.4, 0.5) is 0 Å². The van der Waals surface area contributed by atoms with Crippen LogP contribution in [0.15, 0.2) is 55.1 Å². The molecule has 0 unspecified atom stereocenters. The summed E-state index contributed by atoms with van der Waals surface area (Å²) in [6, 6.07) is 10.0. The lowest BCUT2D eigenvalue weighted by molar-refractivity contribution is -0.204. The zero-order valence-corrected chi connectivity index (χ0v) is 9.21. The van der Waals surface area contributed by atoms with E-state index < -0.39 is 0 Å². The van der Waals surface area contributed by atoms with Crippen molar-refractivity contribution in [2.45, 2.75) is 18.8 Å². The summed E-state index contributed by atoms with van der Waals surface area (Å²) in [7, 11) is 0. The van der Waals surface area contributed by atoms with Crippen LogP contribution >= 0.6 is 0 Å². The van der Waals surface area contributed by atoms with Crippen molar-refractivity contribution in [2.75, 3.05) is 6.61 Å². The molecule has 1 aromatic carbocycles. The zero-order chi connectivity index (χ0) is 11.2. The minimum atomic E-state index is -0.241. The predicted molar refractivity (Wildman–Crippen MR) is 64.0 cm³/mol. The monoisotopic (exact) mass is 216 g/mol. The third-order valence-electron chi connectivity index (χ3n) is 2.50. The van der Waals surface area contributed by atoms with Crippen LogP contribution in [-0.2, 0) is 9.47 Å². The van der Waals surface area contributed by atoms with E-state index in [1.165, 1.54) is 0 Å². The lowest BCUT2D eigenvalue weighted by Crippen LogP contribution is -2.25. The van der Waals surface area contributed by atoms with Crippen LogP contribution in [0.5, 0.6) is 0 Å². The Balaban J connectivity index is 2.02. The van der Waals surface area contributed by atoms with Crippen molar-refractivity contribution < 1.29 is 9.47 Å². The van der Waals surface area contributed by atoms with Gasteiger partial charge in [-0.3, -0.25) is 0 Å². The Hall–Kier alpha value is -1.38. The van der Waals surface area contributed by atoms with E-state index in [1.54, 1.807) is 6.08 Å². The Morgan fingerprint density at radius 1 is 1.25 bits per heavy atom. The maximum absolute atomic E-state index is 5.82. The van der Waals surface area contributed by atoms with Crippen molar-refractivity contribution in [3.8, 4) is 0 Å². The highest BCUT2D eigenvalue weighted by Gasteiger charge is 2.22. The van der Waals surface area contributed by atoms with Gasteiger partial charge in [-0.2, -0.15) is 0 Å². The molecule has 0 spiro atoms. The second-order valence-corrected chi connectivity index (χ2v) is 3.70. The van der Waals surface area contributed by atoms with Crippen LogP contribution in [0.2, 0.25) is 0 Å². The molecule has 0 radical (unpaired) electrons. The van der Waals surface area contributed by atoms with Gasteiger partial charge in [0.25, 0.3) is 0 Å². The quantitative estimate of drug-likeness (QED) is 0.722. The Labute approximate surface area is 96.2 Å². The average molecular weight is 216 g/mol. The van der Waals surface area contributed by atoms with Crippen molar-refractivity contribution >= 4 is 0 Å². The summed E-state index contributed by atoms with van der Waals surface area (Å²) in [5.41, 5.74) is 1.07. The predicted octanol–water partition coefficient (Wildman–Crippen LogP) is 3.23. The van der Waals surface area contributed by atoms with Crippen molar-refractivity contribution in [1.29, 1.82) is 0 Å². The van der Waals surface area contributed by atoms with E-state index in [1.807, 2.05) is 42.5 Å². The lowest BCUT2D eigenvalue weighted by Gasteiger charge is -2.28. The molecule has 1 aromatic rings. The van der Waals surface area contributed by atoms with Gasteiger partial charge >= 0.3 is 0 Å². The molecule has 2 heteroatoms. The Kier molecular flexibility index (Phi) is 3.91. The summed E-state index contributed by atoms with van der Waals surface area (Å²) in [6.45, 7) is 4.38. The fourth-order valence-electron chi connectivity index (χ4n) is 1.69. The van der Waals surface area contributed by atoms with Gasteiger partial charge in [0.15, 0.2) is 6.29 Å². The summed E-state index contributed by atoms with van der Waals surface area (Å²) in [5, 5.41) is 0. The molecule has 16 heavy (non-hydrogen) atoms. The summed E-state index contributed by atoms with van der Waals surface area (Å²) in [4.78, 5) is 0. The first-order valence-electron chi connectivity index (χ1n) is 5.51. The second kappa shape index (κ2) is 5.64. The van der Waals surface area contributed by atoms with Gasteiger partial charge in [-0.05, 0) is 0 Å². The maximum atomic E-state index is 5.82. The molecule has 1 aliphatic rings. The largest absolute Gasteiger partial charge is 0.348 e. The molecule has 2 nitrogen and oxygen atoms in total. The number of allylic oxidation sites excluding steroid dienone is 2. The number of rotatable bonds is 3. The minimum absolute atomic E-state index is 0.122. The highest BCUT2D eigenvalue weighted by molar-refractivity contribution is 5.16. The Morgan fingerprint density at radius 2 is 2.06 bits per heavy atom. The molecule has 2 atom stereocenters. The van der Waals surface area contributed by atoms with Crippen molar-refractivity contribution in [3.05, 3.63) is 60.7 Å². The molecule has 0 saturated carbocycles. The van der Waals surface area contributed by atoms with Crippen molar-refractivity contribution in [3.63, 3.8) is 0 Å². The van der Waals surface area contributed by atoms with Crippen LogP contribution in [-0.4, -0.2) is 12.7 Å². The van der Waals surface area contributed by atoms with E-state index in [4.69, 9.17) is 9.47 Å². The number of ether oxygens (including phenoxy) is 2. The number of hydrogen-bond donors (Lipinski definition) is 0.